The van der Waals surface area contributed by atoms with E-state index in [2.05, 4.69) is 20.9 Å². The van der Waals surface area contributed by atoms with Gasteiger partial charge in [0.15, 0.2) is 17.1 Å². The Kier molecular flexibility index (Phi) is 4.35. The monoisotopic (exact) mass is 436 g/mol. The highest BCUT2D eigenvalue weighted by atomic mass is 16.6. The van der Waals surface area contributed by atoms with Gasteiger partial charge in [-0.05, 0) is 37.5 Å². The van der Waals surface area contributed by atoms with E-state index in [0.29, 0.717) is 41.7 Å². The van der Waals surface area contributed by atoms with Crippen LogP contribution in [0.5, 0.6) is 11.5 Å². The van der Waals surface area contributed by atoms with E-state index in [-0.39, 0.29) is 24.3 Å². The first-order chi connectivity index (χ1) is 15.6. The molecule has 10 nitrogen and oxygen atoms in total. The molecule has 2 aromatic heterocycles. The third-order valence-electron chi connectivity index (χ3n) is 6.15. The van der Waals surface area contributed by atoms with Crippen LogP contribution in [0.3, 0.4) is 0 Å². The Hall–Kier alpha value is -3.53. The molecule has 2 aliphatic heterocycles. The third kappa shape index (κ3) is 3.10. The highest BCUT2D eigenvalue weighted by molar-refractivity contribution is 5.94. The van der Waals surface area contributed by atoms with E-state index in [1.165, 1.54) is 10.9 Å². The van der Waals surface area contributed by atoms with Gasteiger partial charge in [-0.3, -0.25) is 0 Å². The Balaban J connectivity index is 1.52. The maximum Gasteiger partial charge on any atom is 0.328 e. The number of hydrogen-bond donors (Lipinski definition) is 3. The zero-order valence-electron chi connectivity index (χ0n) is 17.8. The van der Waals surface area contributed by atoms with Gasteiger partial charge in [0, 0.05) is 13.1 Å². The number of amides is 1. The fourth-order valence-corrected chi connectivity index (χ4v) is 4.30. The van der Waals surface area contributed by atoms with Crippen LogP contribution in [0.4, 0.5) is 22.0 Å². The van der Waals surface area contributed by atoms with Crippen LogP contribution < -0.4 is 25.4 Å². The van der Waals surface area contributed by atoms with Gasteiger partial charge in [-0.1, -0.05) is 0 Å². The van der Waals surface area contributed by atoms with Crippen LogP contribution in [0.25, 0.3) is 11.2 Å². The SMILES string of the molecule is CNc1cc2nc3c1ncn3C(=O)N[C@@H]1CC[C@H]1OCc1cc(c3c(c1)OCC(C)O3)N2. The minimum Gasteiger partial charge on any atom is -0.486 e. The Morgan fingerprint density at radius 1 is 1.25 bits per heavy atom. The minimum atomic E-state index is -0.268. The molecule has 1 saturated carbocycles. The maximum atomic E-state index is 13.0. The summed E-state index contributed by atoms with van der Waals surface area (Å²) in [5.41, 5.74) is 3.53. The molecule has 3 aliphatic rings. The van der Waals surface area contributed by atoms with Crippen molar-refractivity contribution in [2.24, 2.45) is 0 Å². The predicted molar refractivity (Wildman–Crippen MR) is 118 cm³/mol. The van der Waals surface area contributed by atoms with Gasteiger partial charge in [-0.25, -0.2) is 19.3 Å². The number of nitrogens with zero attached hydrogens (tertiary/aromatic N) is 3. The van der Waals surface area contributed by atoms with Crippen LogP contribution in [-0.4, -0.2) is 52.5 Å². The molecule has 1 aliphatic carbocycles. The number of hydrogen-bond acceptors (Lipinski definition) is 8. The number of aromatic nitrogens is 3. The van der Waals surface area contributed by atoms with E-state index in [0.717, 1.165) is 29.8 Å². The van der Waals surface area contributed by atoms with Crippen LogP contribution >= 0.6 is 0 Å². The molecule has 3 atom stereocenters. The van der Waals surface area contributed by atoms with Gasteiger partial charge in [0.05, 0.1) is 30.1 Å². The van der Waals surface area contributed by atoms with Gasteiger partial charge >= 0.3 is 6.03 Å². The smallest absolute Gasteiger partial charge is 0.328 e. The number of imidazole rings is 1. The topological polar surface area (TPSA) is 112 Å². The van der Waals surface area contributed by atoms with Crippen molar-refractivity contribution in [2.75, 3.05) is 24.3 Å². The minimum absolute atomic E-state index is 0.0438. The van der Waals surface area contributed by atoms with Crippen LogP contribution in [0.1, 0.15) is 25.3 Å². The largest absolute Gasteiger partial charge is 0.486 e. The lowest BCUT2D eigenvalue weighted by Crippen LogP contribution is -2.52. The van der Waals surface area contributed by atoms with E-state index in [9.17, 15) is 4.79 Å². The molecule has 166 valence electrons. The molecule has 1 unspecified atom stereocenters. The number of carbonyl (C=O) groups is 1. The van der Waals surface area contributed by atoms with Crippen molar-refractivity contribution >= 4 is 34.4 Å². The second-order valence-electron chi connectivity index (χ2n) is 8.41. The number of nitrogens with one attached hydrogen (secondary N) is 3. The molecule has 0 radical (unpaired) electrons. The lowest BCUT2D eigenvalue weighted by Gasteiger charge is -2.37. The van der Waals surface area contributed by atoms with E-state index in [1.54, 1.807) is 0 Å². The van der Waals surface area contributed by atoms with Crippen molar-refractivity contribution < 1.29 is 19.0 Å². The Bertz CT molecular complexity index is 1220. The van der Waals surface area contributed by atoms with Crippen molar-refractivity contribution in [2.45, 2.75) is 44.6 Å². The number of fused-ring (bicyclic) bond motifs is 6. The quantitative estimate of drug-likeness (QED) is 0.534. The van der Waals surface area contributed by atoms with Crippen LogP contribution in [-0.2, 0) is 11.3 Å². The molecular weight excluding hydrogens is 412 g/mol. The van der Waals surface area contributed by atoms with Gasteiger partial charge < -0.3 is 30.2 Å². The van der Waals surface area contributed by atoms with Gasteiger partial charge in [0.2, 0.25) is 0 Å². The summed E-state index contributed by atoms with van der Waals surface area (Å²) in [5, 5.41) is 9.56. The molecule has 3 aromatic rings. The van der Waals surface area contributed by atoms with E-state index >= 15 is 0 Å². The summed E-state index contributed by atoms with van der Waals surface area (Å²) in [6, 6.07) is 5.49. The van der Waals surface area contributed by atoms with Gasteiger partial charge in [0.25, 0.3) is 0 Å². The average molecular weight is 436 g/mol. The van der Waals surface area contributed by atoms with Crippen molar-refractivity contribution in [3.63, 3.8) is 0 Å². The zero-order valence-corrected chi connectivity index (χ0v) is 17.8. The van der Waals surface area contributed by atoms with E-state index in [4.69, 9.17) is 19.2 Å². The number of anilines is 3. The van der Waals surface area contributed by atoms with Crippen LogP contribution in [0, 0.1) is 0 Å². The van der Waals surface area contributed by atoms with Gasteiger partial charge in [-0.15, -0.1) is 0 Å². The average Bonchev–Trinajstić information content (AvgIpc) is 3.20. The summed E-state index contributed by atoms with van der Waals surface area (Å²) < 4.78 is 19.6. The molecule has 0 saturated heterocycles. The molecule has 4 heterocycles. The predicted octanol–water partition coefficient (Wildman–Crippen LogP) is 3.00. The van der Waals surface area contributed by atoms with Crippen molar-refractivity contribution in [3.8, 4) is 11.5 Å². The number of benzene rings is 1. The molecule has 10 heteroatoms. The van der Waals surface area contributed by atoms with Crippen molar-refractivity contribution in [1.82, 2.24) is 19.9 Å². The summed E-state index contributed by atoms with van der Waals surface area (Å²) in [6.45, 7) is 2.86. The molecule has 4 bridgehead atoms. The summed E-state index contributed by atoms with van der Waals surface area (Å²) in [4.78, 5) is 22.1. The van der Waals surface area contributed by atoms with E-state index in [1.807, 2.05) is 32.2 Å². The molecule has 3 N–H and O–H groups in total. The Labute approximate surface area is 184 Å². The third-order valence-corrected chi connectivity index (χ3v) is 6.15. The highest BCUT2D eigenvalue weighted by Crippen LogP contribution is 2.42. The second-order valence-corrected chi connectivity index (χ2v) is 8.41. The number of pyridine rings is 1. The maximum absolute atomic E-state index is 13.0. The lowest BCUT2D eigenvalue weighted by atomic mass is 9.89. The Morgan fingerprint density at radius 3 is 2.97 bits per heavy atom. The molecular formula is C22H24N6O4. The zero-order chi connectivity index (χ0) is 21.8. The van der Waals surface area contributed by atoms with Crippen molar-refractivity contribution in [3.05, 3.63) is 30.1 Å². The first-order valence-corrected chi connectivity index (χ1v) is 10.8. The molecule has 32 heavy (non-hydrogen) atoms. The standard InChI is InChI=1S/C22H24N6O4/c1-11-8-30-17-6-12-5-15(20(17)32-11)25-18-7-14(23-2)19-21(27-18)28(10-24-19)22(29)26-13-3-4-16(13)31-9-12/h5-7,10-11,13,16H,3-4,8-9H2,1-2H3,(H,26,29)(H2,23,25,27)/t11?,13-,16-/m1/s1. The highest BCUT2D eigenvalue weighted by Gasteiger charge is 2.34. The molecule has 0 spiro atoms. The number of carbonyl (C=O) groups excluding carboxylic acids is 1. The van der Waals surface area contributed by atoms with Crippen LogP contribution in [0.2, 0.25) is 0 Å². The number of rotatable bonds is 1. The van der Waals surface area contributed by atoms with Crippen LogP contribution in [0.15, 0.2) is 24.5 Å². The normalized spacial score (nSPS) is 24.1. The van der Waals surface area contributed by atoms with Gasteiger partial charge in [0.1, 0.15) is 30.4 Å². The summed E-state index contributed by atoms with van der Waals surface area (Å²) >= 11 is 0. The van der Waals surface area contributed by atoms with E-state index < -0.39 is 0 Å². The summed E-state index contributed by atoms with van der Waals surface area (Å²) in [7, 11) is 1.81. The first kappa shape index (κ1) is 19.2. The lowest BCUT2D eigenvalue weighted by molar-refractivity contribution is -0.0324. The molecule has 6 rings (SSSR count). The molecule has 1 amide bonds. The summed E-state index contributed by atoms with van der Waals surface area (Å²) in [6.07, 6.45) is 3.15. The molecule has 1 fully saturated rings. The Morgan fingerprint density at radius 2 is 2.16 bits per heavy atom. The first-order valence-electron chi connectivity index (χ1n) is 10.8. The molecule has 1 aromatic carbocycles. The fourth-order valence-electron chi connectivity index (χ4n) is 4.30. The second kappa shape index (κ2) is 7.27. The fraction of sp³-hybridized carbons (Fsp3) is 0.409. The summed E-state index contributed by atoms with van der Waals surface area (Å²) in [5.74, 6) is 1.87. The van der Waals surface area contributed by atoms with Gasteiger partial charge in [-0.2, -0.15) is 0 Å². The number of ether oxygens (including phenoxy) is 3. The van der Waals surface area contributed by atoms with Crippen molar-refractivity contribution in [1.29, 1.82) is 0 Å².